The van der Waals surface area contributed by atoms with Crippen LogP contribution in [0, 0.1) is 11.8 Å². The van der Waals surface area contributed by atoms with Crippen molar-refractivity contribution in [2.75, 3.05) is 0 Å². The van der Waals surface area contributed by atoms with Crippen molar-refractivity contribution in [3.8, 4) is 0 Å². The standard InChI is InChI=1S/2C11H10ClF3O2/c2*1-6(11(13,14)15)9(10(16)17)7-2-4-8(12)5-3-7/h2*2-6,9H,1H3,(H,16,17)/t6-,9?;6-,9+/m10/s1. The average molecular weight is 533 g/mol. The number of halogens is 8. The fourth-order valence-electron chi connectivity index (χ4n) is 3.01. The van der Waals surface area contributed by atoms with E-state index in [1.807, 2.05) is 0 Å². The lowest BCUT2D eigenvalue weighted by atomic mass is 9.87. The second kappa shape index (κ2) is 11.8. The molecule has 1 unspecified atom stereocenters. The molecule has 0 spiro atoms. The van der Waals surface area contributed by atoms with Gasteiger partial charge in [-0.15, -0.1) is 0 Å². The van der Waals surface area contributed by atoms with E-state index in [1.54, 1.807) is 0 Å². The van der Waals surface area contributed by atoms with Crippen molar-refractivity contribution in [3.63, 3.8) is 0 Å². The molecule has 0 fully saturated rings. The van der Waals surface area contributed by atoms with Gasteiger partial charge in [0.15, 0.2) is 0 Å². The summed E-state index contributed by atoms with van der Waals surface area (Å²) >= 11 is 11.2. The molecule has 0 aliphatic heterocycles. The van der Waals surface area contributed by atoms with Crippen LogP contribution in [0.25, 0.3) is 0 Å². The predicted octanol–water partition coefficient (Wildman–Crippen LogP) is 7.41. The Labute approximate surface area is 201 Å². The van der Waals surface area contributed by atoms with E-state index in [4.69, 9.17) is 33.4 Å². The molecule has 0 saturated carbocycles. The van der Waals surface area contributed by atoms with Gasteiger partial charge in [0.1, 0.15) is 0 Å². The summed E-state index contributed by atoms with van der Waals surface area (Å²) in [5.41, 5.74) is 0.179. The highest BCUT2D eigenvalue weighted by atomic mass is 35.5. The van der Waals surface area contributed by atoms with Crippen molar-refractivity contribution < 1.29 is 46.1 Å². The van der Waals surface area contributed by atoms with Crippen molar-refractivity contribution in [2.45, 2.75) is 38.0 Å². The van der Waals surface area contributed by atoms with Gasteiger partial charge < -0.3 is 10.2 Å². The molecule has 0 aromatic heterocycles. The van der Waals surface area contributed by atoms with Crippen LogP contribution < -0.4 is 0 Å². The zero-order valence-corrected chi connectivity index (χ0v) is 19.2. The van der Waals surface area contributed by atoms with Crippen molar-refractivity contribution in [1.82, 2.24) is 0 Å². The summed E-state index contributed by atoms with van der Waals surface area (Å²) in [6, 6.07) is 10.7. The summed E-state index contributed by atoms with van der Waals surface area (Å²) in [7, 11) is 0. The number of carboxylic acids is 2. The van der Waals surface area contributed by atoms with Gasteiger partial charge >= 0.3 is 24.3 Å². The Hall–Kier alpha value is -2.46. The fraction of sp³-hybridized carbons (Fsp3) is 0.364. The zero-order valence-electron chi connectivity index (χ0n) is 17.7. The van der Waals surface area contributed by atoms with E-state index in [9.17, 15) is 35.9 Å². The smallest absolute Gasteiger partial charge is 0.392 e. The molecule has 2 aromatic rings. The molecule has 0 heterocycles. The first-order valence-electron chi connectivity index (χ1n) is 9.56. The molecule has 0 aliphatic rings. The molecule has 2 aromatic carbocycles. The summed E-state index contributed by atoms with van der Waals surface area (Å²) in [5, 5.41) is 18.5. The van der Waals surface area contributed by atoms with Gasteiger partial charge in [-0.05, 0) is 35.4 Å². The van der Waals surface area contributed by atoms with Gasteiger partial charge in [-0.3, -0.25) is 9.59 Å². The Balaban J connectivity index is 0.000000340. The second-order valence-electron chi connectivity index (χ2n) is 7.40. The summed E-state index contributed by atoms with van der Waals surface area (Å²) in [6.07, 6.45) is -9.11. The largest absolute Gasteiger partial charge is 0.481 e. The normalized spacial score (nSPS) is 15.4. The molecular formula is C22H20Cl2F6O4. The van der Waals surface area contributed by atoms with Crippen LogP contribution in [0.15, 0.2) is 48.5 Å². The highest BCUT2D eigenvalue weighted by molar-refractivity contribution is 6.30. The summed E-state index contributed by atoms with van der Waals surface area (Å²) in [4.78, 5) is 21.9. The van der Waals surface area contributed by atoms with Crippen LogP contribution in [-0.2, 0) is 9.59 Å². The highest BCUT2D eigenvalue weighted by Crippen LogP contribution is 2.38. The van der Waals surface area contributed by atoms with Gasteiger partial charge in [-0.1, -0.05) is 61.3 Å². The van der Waals surface area contributed by atoms with Crippen LogP contribution in [-0.4, -0.2) is 34.5 Å². The number of hydrogen-bond donors (Lipinski definition) is 2. The van der Waals surface area contributed by atoms with Crippen LogP contribution in [0.5, 0.6) is 0 Å². The molecule has 0 radical (unpaired) electrons. The van der Waals surface area contributed by atoms with Crippen LogP contribution >= 0.6 is 23.2 Å². The molecular weight excluding hydrogens is 513 g/mol. The van der Waals surface area contributed by atoms with Crippen LogP contribution in [0.1, 0.15) is 36.8 Å². The van der Waals surface area contributed by atoms with Crippen molar-refractivity contribution in [1.29, 1.82) is 0 Å². The Morgan fingerprint density at radius 1 is 0.647 bits per heavy atom. The van der Waals surface area contributed by atoms with E-state index in [1.165, 1.54) is 48.5 Å². The molecule has 0 saturated heterocycles. The SMILES string of the molecule is C[C@@H]([C@@H](C(=O)O)c1ccc(Cl)cc1)C(F)(F)F.C[C@H](C(C(=O)O)c1ccc(Cl)cc1)C(F)(F)F. The lowest BCUT2D eigenvalue weighted by molar-refractivity contribution is -0.183. The number of benzene rings is 2. The van der Waals surface area contributed by atoms with E-state index in [0.717, 1.165) is 13.8 Å². The maximum absolute atomic E-state index is 12.5. The molecule has 188 valence electrons. The summed E-state index contributed by atoms with van der Waals surface area (Å²) in [6.45, 7) is 1.71. The number of carboxylic acid groups (broad SMARTS) is 2. The maximum atomic E-state index is 12.5. The highest BCUT2D eigenvalue weighted by Gasteiger charge is 2.45. The van der Waals surface area contributed by atoms with Gasteiger partial charge in [0.25, 0.3) is 0 Å². The van der Waals surface area contributed by atoms with E-state index in [0.29, 0.717) is 10.0 Å². The monoisotopic (exact) mass is 532 g/mol. The third kappa shape index (κ3) is 8.39. The average Bonchev–Trinajstić information content (AvgIpc) is 2.70. The number of carbonyl (C=O) groups is 2. The quantitative estimate of drug-likeness (QED) is 0.379. The molecule has 4 nitrogen and oxygen atoms in total. The summed E-state index contributed by atoms with van der Waals surface area (Å²) in [5.74, 6) is -10.2. The van der Waals surface area contributed by atoms with E-state index in [-0.39, 0.29) is 11.1 Å². The topological polar surface area (TPSA) is 74.6 Å². The molecule has 34 heavy (non-hydrogen) atoms. The van der Waals surface area contributed by atoms with Gasteiger partial charge in [-0.25, -0.2) is 0 Å². The van der Waals surface area contributed by atoms with Crippen molar-refractivity contribution >= 4 is 35.1 Å². The minimum atomic E-state index is -4.55. The first-order chi connectivity index (χ1) is 15.5. The predicted molar refractivity (Wildman–Crippen MR) is 114 cm³/mol. The van der Waals surface area contributed by atoms with Gasteiger partial charge in [0, 0.05) is 10.0 Å². The fourth-order valence-corrected chi connectivity index (χ4v) is 3.26. The third-order valence-corrected chi connectivity index (χ3v) is 5.53. The second-order valence-corrected chi connectivity index (χ2v) is 8.27. The number of hydrogen-bond acceptors (Lipinski definition) is 2. The molecule has 0 bridgehead atoms. The first kappa shape index (κ1) is 29.6. The molecule has 2 N–H and O–H groups in total. The Kier molecular flexibility index (Phi) is 10.3. The van der Waals surface area contributed by atoms with Gasteiger partial charge in [0.05, 0.1) is 23.7 Å². The molecule has 12 heteroatoms. The Morgan fingerprint density at radius 3 is 1.06 bits per heavy atom. The van der Waals surface area contributed by atoms with Crippen LogP contribution in [0.2, 0.25) is 10.0 Å². The Bertz CT molecular complexity index is 880. The first-order valence-corrected chi connectivity index (χ1v) is 10.3. The van der Waals surface area contributed by atoms with Gasteiger partial charge in [0.2, 0.25) is 0 Å². The minimum Gasteiger partial charge on any atom is -0.481 e. The van der Waals surface area contributed by atoms with E-state index in [2.05, 4.69) is 0 Å². The molecule has 0 amide bonds. The number of alkyl halides is 6. The number of aliphatic carboxylic acids is 2. The minimum absolute atomic E-state index is 0.0896. The Morgan fingerprint density at radius 2 is 0.882 bits per heavy atom. The lowest BCUT2D eigenvalue weighted by Gasteiger charge is -2.23. The van der Waals surface area contributed by atoms with Crippen molar-refractivity contribution in [2.24, 2.45) is 11.8 Å². The number of rotatable bonds is 6. The molecule has 4 atom stereocenters. The zero-order chi connectivity index (χ0) is 26.4. The lowest BCUT2D eigenvalue weighted by Crippen LogP contribution is -2.31. The van der Waals surface area contributed by atoms with Crippen molar-refractivity contribution in [3.05, 3.63) is 69.7 Å². The third-order valence-electron chi connectivity index (χ3n) is 5.02. The van der Waals surface area contributed by atoms with E-state index < -0.39 is 48.0 Å². The molecule has 2 rings (SSSR count). The van der Waals surface area contributed by atoms with Gasteiger partial charge in [-0.2, -0.15) is 26.3 Å². The van der Waals surface area contributed by atoms with E-state index >= 15 is 0 Å². The molecule has 0 aliphatic carbocycles. The summed E-state index contributed by atoms with van der Waals surface area (Å²) < 4.78 is 75.2. The van der Waals surface area contributed by atoms with Crippen LogP contribution in [0.3, 0.4) is 0 Å². The van der Waals surface area contributed by atoms with Crippen LogP contribution in [0.4, 0.5) is 26.3 Å². The maximum Gasteiger partial charge on any atom is 0.392 e.